The first-order valence-corrected chi connectivity index (χ1v) is 26.7. The minimum atomic E-state index is -4.33. The minimum Gasteiger partial charge on any atom is -0.387 e. The van der Waals surface area contributed by atoms with Gasteiger partial charge in [-0.25, -0.2) is 4.57 Å². The van der Waals surface area contributed by atoms with Crippen LogP contribution in [0, 0.1) is 0 Å². The molecule has 3 atom stereocenters. The van der Waals surface area contributed by atoms with Crippen molar-refractivity contribution >= 4 is 13.7 Å². The third kappa shape index (κ3) is 44.8. The summed E-state index contributed by atoms with van der Waals surface area (Å²) in [5.74, 6) is -0.188. The van der Waals surface area contributed by atoms with E-state index >= 15 is 0 Å². The Kier molecular flexibility index (Phi) is 41.6. The number of phosphoric ester groups is 1. The maximum atomic E-state index is 12.8. The van der Waals surface area contributed by atoms with Crippen LogP contribution < -0.4 is 5.32 Å². The van der Waals surface area contributed by atoms with Crippen molar-refractivity contribution in [3.63, 3.8) is 0 Å². The number of hydrogen-bond acceptors (Lipinski definition) is 5. The molecule has 0 aliphatic rings. The number of phosphoric acid groups is 1. The van der Waals surface area contributed by atoms with E-state index in [1.54, 1.807) is 6.08 Å². The average molecular weight is 856 g/mol. The molecule has 3 N–H and O–H groups in total. The van der Waals surface area contributed by atoms with E-state index in [9.17, 15) is 19.4 Å². The predicted molar refractivity (Wildman–Crippen MR) is 254 cm³/mol. The second-order valence-electron chi connectivity index (χ2n) is 18.5. The van der Waals surface area contributed by atoms with E-state index in [1.807, 2.05) is 27.2 Å². The molecule has 0 aromatic rings. The standard InChI is InChI=1S/C50H99N2O6P/c1-6-8-10-12-14-15-16-17-18-19-20-21-22-23-24-25-26-27-28-29-30-31-32-33-34-35-36-38-40-42-44-50(54)51-48(49(53)43-41-39-37-13-11-9-7-2)47-58-59(55,56)57-46-45-52(3,4)5/h11,13,41,43,48-49,53H,6-10,12,14-40,42,44-47H2,1-5H3,(H-,51,54,55,56)/p+1/b13-11+,43-41+. The number of aliphatic hydroxyl groups is 1. The highest BCUT2D eigenvalue weighted by Crippen LogP contribution is 2.43. The predicted octanol–water partition coefficient (Wildman–Crippen LogP) is 14.5. The lowest BCUT2D eigenvalue weighted by molar-refractivity contribution is -0.870. The molecule has 0 radical (unpaired) electrons. The molecule has 0 saturated carbocycles. The van der Waals surface area contributed by atoms with Crippen LogP contribution in [-0.4, -0.2) is 73.4 Å². The van der Waals surface area contributed by atoms with Crippen LogP contribution in [0.5, 0.6) is 0 Å². The fourth-order valence-corrected chi connectivity index (χ4v) is 8.16. The average Bonchev–Trinajstić information content (AvgIpc) is 3.19. The van der Waals surface area contributed by atoms with Gasteiger partial charge in [-0.3, -0.25) is 13.8 Å². The van der Waals surface area contributed by atoms with E-state index < -0.39 is 20.0 Å². The highest BCUT2D eigenvalue weighted by molar-refractivity contribution is 7.47. The fraction of sp³-hybridized carbons (Fsp3) is 0.900. The van der Waals surface area contributed by atoms with Gasteiger partial charge >= 0.3 is 7.82 Å². The maximum Gasteiger partial charge on any atom is 0.472 e. The Morgan fingerprint density at radius 3 is 1.32 bits per heavy atom. The van der Waals surface area contributed by atoms with Crippen molar-refractivity contribution in [3.8, 4) is 0 Å². The number of likely N-dealkylation sites (N-methyl/N-ethyl adjacent to an activating group) is 1. The first-order chi connectivity index (χ1) is 28.5. The van der Waals surface area contributed by atoms with E-state index in [4.69, 9.17) is 9.05 Å². The Morgan fingerprint density at radius 1 is 0.559 bits per heavy atom. The van der Waals surface area contributed by atoms with Crippen molar-refractivity contribution in [3.05, 3.63) is 24.3 Å². The zero-order valence-electron chi connectivity index (χ0n) is 39.8. The van der Waals surface area contributed by atoms with Crippen molar-refractivity contribution in [2.75, 3.05) is 40.9 Å². The molecule has 0 spiro atoms. The summed E-state index contributed by atoms with van der Waals surface area (Å²) in [6.07, 6.45) is 51.8. The summed E-state index contributed by atoms with van der Waals surface area (Å²) in [5.41, 5.74) is 0. The molecule has 0 saturated heterocycles. The Hall–Kier alpha value is -1.02. The first kappa shape index (κ1) is 58.0. The van der Waals surface area contributed by atoms with Crippen LogP contribution in [0.15, 0.2) is 24.3 Å². The largest absolute Gasteiger partial charge is 0.472 e. The van der Waals surface area contributed by atoms with Gasteiger partial charge in [0.05, 0.1) is 39.9 Å². The van der Waals surface area contributed by atoms with E-state index in [0.717, 1.165) is 44.9 Å². The number of aliphatic hydroxyl groups excluding tert-OH is 1. The maximum absolute atomic E-state index is 12.8. The lowest BCUT2D eigenvalue weighted by Crippen LogP contribution is -2.45. The van der Waals surface area contributed by atoms with Gasteiger partial charge in [-0.05, 0) is 25.7 Å². The molecule has 1 amide bonds. The van der Waals surface area contributed by atoms with Gasteiger partial charge in [0, 0.05) is 6.42 Å². The SMILES string of the molecule is CCC/C=C/CC/C=C/C(O)C(COP(=O)(O)OCC[N+](C)(C)C)NC(=O)CCCCCCCCCCCCCCCCCCCCCCCCCCCCCCCC. The number of carbonyl (C=O) groups excluding carboxylic acids is 1. The molecule has 0 aromatic carbocycles. The molecule has 350 valence electrons. The topological polar surface area (TPSA) is 105 Å². The van der Waals surface area contributed by atoms with Crippen molar-refractivity contribution in [2.24, 2.45) is 0 Å². The zero-order chi connectivity index (χ0) is 43.6. The highest BCUT2D eigenvalue weighted by Gasteiger charge is 2.27. The molecule has 3 unspecified atom stereocenters. The summed E-state index contributed by atoms with van der Waals surface area (Å²) >= 11 is 0. The molecular formula is C50H100N2O6P+. The highest BCUT2D eigenvalue weighted by atomic mass is 31.2. The van der Waals surface area contributed by atoms with Crippen LogP contribution in [0.2, 0.25) is 0 Å². The molecule has 0 aliphatic heterocycles. The number of carbonyl (C=O) groups is 1. The number of quaternary nitrogens is 1. The summed E-state index contributed by atoms with van der Waals surface area (Å²) in [6.45, 7) is 4.70. The van der Waals surface area contributed by atoms with Gasteiger partial charge in [0.2, 0.25) is 5.91 Å². The summed E-state index contributed by atoms with van der Waals surface area (Å²) < 4.78 is 23.4. The van der Waals surface area contributed by atoms with Gasteiger partial charge < -0.3 is 19.8 Å². The number of allylic oxidation sites excluding steroid dienone is 3. The summed E-state index contributed by atoms with van der Waals surface area (Å²) in [4.78, 5) is 23.0. The molecule has 0 aromatic heterocycles. The van der Waals surface area contributed by atoms with Crippen LogP contribution in [0.4, 0.5) is 0 Å². The smallest absolute Gasteiger partial charge is 0.387 e. The van der Waals surface area contributed by atoms with Crippen molar-refractivity contribution in [2.45, 2.75) is 251 Å². The first-order valence-electron chi connectivity index (χ1n) is 25.2. The van der Waals surface area contributed by atoms with Gasteiger partial charge in [0.15, 0.2) is 0 Å². The normalized spacial score (nSPS) is 14.4. The van der Waals surface area contributed by atoms with Gasteiger partial charge in [0.1, 0.15) is 13.2 Å². The number of nitrogens with one attached hydrogen (secondary N) is 1. The Labute approximate surface area is 366 Å². The van der Waals surface area contributed by atoms with Gasteiger partial charge in [-0.15, -0.1) is 0 Å². The summed E-state index contributed by atoms with van der Waals surface area (Å²) in [6, 6.07) is -0.856. The molecule has 0 rings (SSSR count). The Morgan fingerprint density at radius 2 is 0.932 bits per heavy atom. The van der Waals surface area contributed by atoms with E-state index in [0.29, 0.717) is 17.4 Å². The van der Waals surface area contributed by atoms with E-state index in [2.05, 4.69) is 31.3 Å². The third-order valence-electron chi connectivity index (χ3n) is 11.4. The third-order valence-corrected chi connectivity index (χ3v) is 12.4. The molecule has 9 heteroatoms. The van der Waals surface area contributed by atoms with Gasteiger partial charge in [-0.2, -0.15) is 0 Å². The Balaban J connectivity index is 3.89. The van der Waals surface area contributed by atoms with Crippen molar-refractivity contribution in [1.29, 1.82) is 0 Å². The summed E-state index contributed by atoms with van der Waals surface area (Å²) in [7, 11) is 1.56. The quantitative estimate of drug-likeness (QED) is 0.0244. The van der Waals surface area contributed by atoms with Crippen molar-refractivity contribution < 1.29 is 32.9 Å². The number of amides is 1. The van der Waals surface area contributed by atoms with Crippen molar-refractivity contribution in [1.82, 2.24) is 5.32 Å². The molecule has 0 bridgehead atoms. The van der Waals surface area contributed by atoms with Crippen LogP contribution in [0.25, 0.3) is 0 Å². The second kappa shape index (κ2) is 42.3. The van der Waals surface area contributed by atoms with Gasteiger partial charge in [-0.1, -0.05) is 231 Å². The number of unbranched alkanes of at least 4 members (excludes halogenated alkanes) is 31. The van der Waals surface area contributed by atoms with E-state index in [1.165, 1.54) is 173 Å². The lowest BCUT2D eigenvalue weighted by Gasteiger charge is -2.25. The van der Waals surface area contributed by atoms with Crippen LogP contribution >= 0.6 is 7.82 Å². The lowest BCUT2D eigenvalue weighted by atomic mass is 10.0. The molecular weight excluding hydrogens is 756 g/mol. The van der Waals surface area contributed by atoms with Crippen LogP contribution in [-0.2, 0) is 18.4 Å². The van der Waals surface area contributed by atoms with Crippen LogP contribution in [0.1, 0.15) is 239 Å². The van der Waals surface area contributed by atoms with Gasteiger partial charge in [0.25, 0.3) is 0 Å². The number of hydrogen-bond donors (Lipinski definition) is 3. The molecule has 0 aliphatic carbocycles. The molecule has 0 fully saturated rings. The zero-order valence-corrected chi connectivity index (χ0v) is 40.7. The second-order valence-corrected chi connectivity index (χ2v) is 20.0. The minimum absolute atomic E-state index is 0.0575. The van der Waals surface area contributed by atoms with Crippen LogP contribution in [0.3, 0.4) is 0 Å². The molecule has 8 nitrogen and oxygen atoms in total. The number of rotatable bonds is 46. The summed E-state index contributed by atoms with van der Waals surface area (Å²) in [5, 5.41) is 13.7. The molecule has 59 heavy (non-hydrogen) atoms. The monoisotopic (exact) mass is 856 g/mol. The fourth-order valence-electron chi connectivity index (χ4n) is 7.42. The number of nitrogens with zero attached hydrogens (tertiary/aromatic N) is 1. The van der Waals surface area contributed by atoms with E-state index in [-0.39, 0.29) is 19.1 Å². The Bertz CT molecular complexity index is 1020. The molecule has 0 heterocycles.